The van der Waals surface area contributed by atoms with Gasteiger partial charge in [0.15, 0.2) is 0 Å². The van der Waals surface area contributed by atoms with Crippen LogP contribution in [0.4, 0.5) is 0 Å². The fourth-order valence-electron chi connectivity index (χ4n) is 0.772. The summed E-state index contributed by atoms with van der Waals surface area (Å²) in [7, 11) is 0. The Morgan fingerprint density at radius 3 is 2.75 bits per heavy atom. The quantitative estimate of drug-likeness (QED) is 0.530. The zero-order valence-electron chi connectivity index (χ0n) is 6.13. The Labute approximate surface area is 80.6 Å². The molecule has 0 amide bonds. The van der Waals surface area contributed by atoms with E-state index in [9.17, 15) is 4.79 Å². The first-order chi connectivity index (χ1) is 5.68. The summed E-state index contributed by atoms with van der Waals surface area (Å²) in [5.41, 5.74) is 0.858. The molecule has 0 unspecified atom stereocenters. The summed E-state index contributed by atoms with van der Waals surface area (Å²) in [6.07, 6.45) is 2.90. The minimum atomic E-state index is -0.491. The number of carbonyl (C=O) groups is 1. The van der Waals surface area contributed by atoms with Gasteiger partial charge in [0.25, 0.3) is 0 Å². The molecule has 0 fully saturated rings. The van der Waals surface area contributed by atoms with Gasteiger partial charge in [-0.15, -0.1) is 0 Å². The molecule has 3 heteroatoms. The van der Waals surface area contributed by atoms with Gasteiger partial charge in [0.2, 0.25) is 5.24 Å². The van der Waals surface area contributed by atoms with Gasteiger partial charge in [-0.3, -0.25) is 4.79 Å². The first-order valence-corrected chi connectivity index (χ1v) is 4.07. The van der Waals surface area contributed by atoms with E-state index in [1.807, 2.05) is 6.07 Å². The van der Waals surface area contributed by atoms with Crippen molar-refractivity contribution in [3.05, 3.63) is 40.9 Å². The zero-order valence-corrected chi connectivity index (χ0v) is 7.64. The molecule has 1 aromatic rings. The van der Waals surface area contributed by atoms with Crippen LogP contribution in [-0.2, 0) is 4.79 Å². The summed E-state index contributed by atoms with van der Waals surface area (Å²) in [5.74, 6) is 0. The summed E-state index contributed by atoms with van der Waals surface area (Å²) in [6, 6.07) is 7.15. The van der Waals surface area contributed by atoms with E-state index in [2.05, 4.69) is 0 Å². The van der Waals surface area contributed by atoms with E-state index in [0.717, 1.165) is 5.56 Å². The number of hydrogen-bond acceptors (Lipinski definition) is 1. The van der Waals surface area contributed by atoms with E-state index in [0.29, 0.717) is 5.02 Å². The van der Waals surface area contributed by atoms with Crippen molar-refractivity contribution in [2.24, 2.45) is 0 Å². The van der Waals surface area contributed by atoms with Crippen LogP contribution in [0.25, 0.3) is 6.08 Å². The minimum Gasteiger partial charge on any atom is -0.276 e. The van der Waals surface area contributed by atoms with Gasteiger partial charge in [-0.25, -0.2) is 0 Å². The van der Waals surface area contributed by atoms with Crippen LogP contribution < -0.4 is 0 Å². The predicted molar refractivity (Wildman–Crippen MR) is 51.3 cm³/mol. The number of halogens is 2. The second kappa shape index (κ2) is 4.29. The topological polar surface area (TPSA) is 17.1 Å². The van der Waals surface area contributed by atoms with E-state index in [1.165, 1.54) is 6.08 Å². The molecule has 0 aliphatic rings. The Hall–Kier alpha value is -0.790. The Morgan fingerprint density at radius 2 is 2.17 bits per heavy atom. The van der Waals surface area contributed by atoms with E-state index >= 15 is 0 Å². The van der Waals surface area contributed by atoms with Crippen LogP contribution in [0, 0.1) is 0 Å². The number of benzene rings is 1. The maximum atomic E-state index is 10.3. The molecule has 0 atom stereocenters. The molecule has 1 rings (SSSR count). The van der Waals surface area contributed by atoms with Gasteiger partial charge in [-0.2, -0.15) is 0 Å². The molecule has 0 aromatic heterocycles. The summed E-state index contributed by atoms with van der Waals surface area (Å²) in [6.45, 7) is 0. The highest BCUT2D eigenvalue weighted by Gasteiger charge is 1.90. The van der Waals surface area contributed by atoms with Crippen LogP contribution in [0.3, 0.4) is 0 Å². The van der Waals surface area contributed by atoms with Crippen LogP contribution in [0.2, 0.25) is 5.02 Å². The van der Waals surface area contributed by atoms with Gasteiger partial charge >= 0.3 is 0 Å². The third-order valence-electron chi connectivity index (χ3n) is 1.26. The van der Waals surface area contributed by atoms with Gasteiger partial charge in [0, 0.05) is 5.02 Å². The molecule has 0 saturated carbocycles. The molecular weight excluding hydrogens is 195 g/mol. The Balaban J connectivity index is 2.83. The number of carbonyl (C=O) groups excluding carboxylic acids is 1. The number of rotatable bonds is 2. The van der Waals surface area contributed by atoms with Crippen LogP contribution in [0.1, 0.15) is 5.56 Å². The van der Waals surface area contributed by atoms with Gasteiger partial charge in [-0.1, -0.05) is 29.8 Å². The molecular formula is C9H6Cl2O. The normalized spacial score (nSPS) is 10.5. The SMILES string of the molecule is O=C(Cl)C=Cc1cccc(Cl)c1. The summed E-state index contributed by atoms with van der Waals surface area (Å²) >= 11 is 10.8. The summed E-state index contributed by atoms with van der Waals surface area (Å²) < 4.78 is 0. The fourth-order valence-corrected chi connectivity index (χ4v) is 1.03. The Morgan fingerprint density at radius 1 is 1.42 bits per heavy atom. The second-order valence-corrected chi connectivity index (χ2v) is 3.00. The molecule has 0 heterocycles. The lowest BCUT2D eigenvalue weighted by molar-refractivity contribution is -0.107. The Bertz CT molecular complexity index is 318. The van der Waals surface area contributed by atoms with Gasteiger partial charge < -0.3 is 0 Å². The molecule has 0 saturated heterocycles. The van der Waals surface area contributed by atoms with E-state index < -0.39 is 5.24 Å². The van der Waals surface area contributed by atoms with Crippen molar-refractivity contribution in [2.45, 2.75) is 0 Å². The largest absolute Gasteiger partial charge is 0.276 e. The number of allylic oxidation sites excluding steroid dienone is 1. The molecule has 12 heavy (non-hydrogen) atoms. The maximum Gasteiger partial charge on any atom is 0.245 e. The highest BCUT2D eigenvalue weighted by atomic mass is 35.5. The third kappa shape index (κ3) is 3.07. The lowest BCUT2D eigenvalue weighted by Crippen LogP contribution is -1.76. The standard InChI is InChI=1S/C9H6Cl2O/c10-8-3-1-2-7(6-8)4-5-9(11)12/h1-6H. The predicted octanol–water partition coefficient (Wildman–Crippen LogP) is 3.12. The van der Waals surface area contributed by atoms with Crippen molar-refractivity contribution in [1.29, 1.82) is 0 Å². The van der Waals surface area contributed by atoms with Crippen LogP contribution in [0.15, 0.2) is 30.3 Å². The van der Waals surface area contributed by atoms with E-state index in [1.54, 1.807) is 24.3 Å². The van der Waals surface area contributed by atoms with Crippen molar-refractivity contribution < 1.29 is 4.79 Å². The van der Waals surface area contributed by atoms with Gasteiger partial charge in [0.1, 0.15) is 0 Å². The number of hydrogen-bond donors (Lipinski definition) is 0. The molecule has 0 bridgehead atoms. The molecule has 1 aromatic carbocycles. The van der Waals surface area contributed by atoms with E-state index in [4.69, 9.17) is 23.2 Å². The first kappa shape index (κ1) is 9.30. The monoisotopic (exact) mass is 200 g/mol. The summed E-state index contributed by atoms with van der Waals surface area (Å²) in [4.78, 5) is 10.3. The smallest absolute Gasteiger partial charge is 0.245 e. The third-order valence-corrected chi connectivity index (χ3v) is 1.62. The minimum absolute atomic E-state index is 0.491. The van der Waals surface area contributed by atoms with Crippen molar-refractivity contribution >= 4 is 34.5 Å². The molecule has 1 nitrogen and oxygen atoms in total. The van der Waals surface area contributed by atoms with Gasteiger partial charge in [-0.05, 0) is 35.4 Å². The zero-order chi connectivity index (χ0) is 8.97. The average molecular weight is 201 g/mol. The molecule has 0 aliphatic heterocycles. The van der Waals surface area contributed by atoms with Crippen LogP contribution in [0.5, 0.6) is 0 Å². The van der Waals surface area contributed by atoms with Gasteiger partial charge in [0.05, 0.1) is 0 Å². The van der Waals surface area contributed by atoms with Crippen molar-refractivity contribution in [3.63, 3.8) is 0 Å². The summed E-state index contributed by atoms with van der Waals surface area (Å²) in [5, 5.41) is 0.147. The molecule has 0 aliphatic carbocycles. The molecule has 0 N–H and O–H groups in total. The Kier molecular flexibility index (Phi) is 3.32. The lowest BCUT2D eigenvalue weighted by atomic mass is 10.2. The fraction of sp³-hybridized carbons (Fsp3) is 0. The molecule has 0 spiro atoms. The maximum absolute atomic E-state index is 10.3. The van der Waals surface area contributed by atoms with Crippen molar-refractivity contribution in [3.8, 4) is 0 Å². The van der Waals surface area contributed by atoms with E-state index in [-0.39, 0.29) is 0 Å². The van der Waals surface area contributed by atoms with Crippen LogP contribution >= 0.6 is 23.2 Å². The van der Waals surface area contributed by atoms with Crippen LogP contribution in [-0.4, -0.2) is 5.24 Å². The first-order valence-electron chi connectivity index (χ1n) is 3.31. The lowest BCUT2D eigenvalue weighted by Gasteiger charge is -1.91. The van der Waals surface area contributed by atoms with Crippen molar-refractivity contribution in [2.75, 3.05) is 0 Å². The molecule has 62 valence electrons. The second-order valence-electron chi connectivity index (χ2n) is 2.19. The molecule has 0 radical (unpaired) electrons. The highest BCUT2D eigenvalue weighted by molar-refractivity contribution is 6.66. The average Bonchev–Trinajstić information content (AvgIpc) is 2.01. The highest BCUT2D eigenvalue weighted by Crippen LogP contribution is 2.11. The van der Waals surface area contributed by atoms with Crippen molar-refractivity contribution in [1.82, 2.24) is 0 Å².